The van der Waals surface area contributed by atoms with Crippen molar-refractivity contribution >= 4 is 5.69 Å². The number of benzene rings is 1. The highest BCUT2D eigenvalue weighted by Gasteiger charge is 2.17. The number of nitrogens with zero attached hydrogens (tertiary/aromatic N) is 3. The first-order valence-corrected chi connectivity index (χ1v) is 6.76. The number of ether oxygens (including phenoxy) is 1. The van der Waals surface area contributed by atoms with Crippen molar-refractivity contribution in [3.05, 3.63) is 44.6 Å². The number of para-hydroxylation sites is 1. The molecule has 0 amide bonds. The molecule has 0 spiro atoms. The number of rotatable bonds is 2. The molecule has 1 aliphatic heterocycles. The van der Waals surface area contributed by atoms with Crippen molar-refractivity contribution in [2.75, 3.05) is 11.9 Å². The molecule has 2 heterocycles. The molecule has 0 aliphatic carbocycles. The summed E-state index contributed by atoms with van der Waals surface area (Å²) in [4.78, 5) is 23.7. The van der Waals surface area contributed by atoms with Crippen LogP contribution in [0.3, 0.4) is 0 Å². The van der Waals surface area contributed by atoms with Crippen LogP contribution < -0.4 is 21.3 Å². The molecule has 0 saturated carbocycles. The molecule has 0 radical (unpaired) electrons. The van der Waals surface area contributed by atoms with Gasteiger partial charge in [-0.25, -0.2) is 9.48 Å². The van der Waals surface area contributed by atoms with E-state index in [1.165, 1.54) is 14.1 Å². The van der Waals surface area contributed by atoms with E-state index in [-0.39, 0.29) is 5.88 Å². The first-order chi connectivity index (χ1) is 10.1. The van der Waals surface area contributed by atoms with Crippen LogP contribution in [0, 0.1) is 0 Å². The van der Waals surface area contributed by atoms with Crippen molar-refractivity contribution in [3.8, 4) is 11.6 Å². The van der Waals surface area contributed by atoms with Gasteiger partial charge >= 0.3 is 17.1 Å². The molecule has 0 unspecified atom stereocenters. The topological polar surface area (TPSA) is 78.2 Å². The van der Waals surface area contributed by atoms with Crippen LogP contribution in [0.2, 0.25) is 0 Å². The Balaban J connectivity index is 2.06. The summed E-state index contributed by atoms with van der Waals surface area (Å²) in [6.07, 6.45) is 2.04. The van der Waals surface area contributed by atoms with E-state index >= 15 is 0 Å². The molecule has 1 aliphatic rings. The molecular formula is C14H16N4O3. The fourth-order valence-corrected chi connectivity index (χ4v) is 2.40. The highest BCUT2D eigenvalue weighted by atomic mass is 16.5. The third kappa shape index (κ3) is 2.31. The van der Waals surface area contributed by atoms with E-state index in [4.69, 9.17) is 4.74 Å². The minimum Gasteiger partial charge on any atom is -0.431 e. The lowest BCUT2D eigenvalue weighted by Crippen LogP contribution is -2.38. The van der Waals surface area contributed by atoms with Crippen molar-refractivity contribution in [1.29, 1.82) is 0 Å². The van der Waals surface area contributed by atoms with Crippen LogP contribution in [-0.2, 0) is 20.5 Å². The lowest BCUT2D eigenvalue weighted by Gasteiger charge is -2.20. The predicted octanol–water partition coefficient (Wildman–Crippen LogP) is 0.629. The first-order valence-electron chi connectivity index (χ1n) is 6.76. The highest BCUT2D eigenvalue weighted by Crippen LogP contribution is 2.33. The summed E-state index contributed by atoms with van der Waals surface area (Å²) < 4.78 is 7.72. The number of nitrogens with one attached hydrogen (secondary N) is 1. The van der Waals surface area contributed by atoms with Gasteiger partial charge in [-0.2, -0.15) is 0 Å². The maximum Gasteiger partial charge on any atom is 0.347 e. The molecular weight excluding hydrogens is 272 g/mol. The number of aromatic nitrogens is 3. The summed E-state index contributed by atoms with van der Waals surface area (Å²) in [5, 5.41) is 7.18. The summed E-state index contributed by atoms with van der Waals surface area (Å²) >= 11 is 0. The fourth-order valence-electron chi connectivity index (χ4n) is 2.40. The number of hydrogen-bond donors (Lipinski definition) is 1. The number of aryl methyl sites for hydroxylation is 2. The van der Waals surface area contributed by atoms with E-state index in [0.29, 0.717) is 5.75 Å². The smallest absolute Gasteiger partial charge is 0.347 e. The molecule has 1 N–H and O–H groups in total. The maximum atomic E-state index is 12.1. The summed E-state index contributed by atoms with van der Waals surface area (Å²) in [6, 6.07) is 5.69. The van der Waals surface area contributed by atoms with Crippen molar-refractivity contribution in [1.82, 2.24) is 14.3 Å². The SMILES string of the molecule is Cn1nc(Oc2cccc3c2NCCC3)c(=O)n(C)c1=O. The summed E-state index contributed by atoms with van der Waals surface area (Å²) in [5.74, 6) is 0.441. The molecule has 2 aromatic rings. The maximum absolute atomic E-state index is 12.1. The standard InChI is InChI=1S/C14H16N4O3/c1-17-13(19)12(16-18(2)14(17)20)21-10-7-3-5-9-6-4-8-15-11(9)10/h3,5,7,15H,4,6,8H2,1-2H3. The summed E-state index contributed by atoms with van der Waals surface area (Å²) in [5.41, 5.74) is 1.01. The lowest BCUT2D eigenvalue weighted by atomic mass is 10.0. The second-order valence-corrected chi connectivity index (χ2v) is 5.00. The first kappa shape index (κ1) is 13.4. The van der Waals surface area contributed by atoms with Gasteiger partial charge in [0, 0.05) is 20.6 Å². The zero-order valence-electron chi connectivity index (χ0n) is 11.9. The van der Waals surface area contributed by atoms with Gasteiger partial charge in [0.25, 0.3) is 0 Å². The van der Waals surface area contributed by atoms with Gasteiger partial charge in [-0.15, -0.1) is 5.10 Å². The molecule has 21 heavy (non-hydrogen) atoms. The van der Waals surface area contributed by atoms with E-state index in [1.54, 1.807) is 6.07 Å². The van der Waals surface area contributed by atoms with Crippen LogP contribution in [0.5, 0.6) is 11.6 Å². The Labute approximate surface area is 120 Å². The normalized spacial score (nSPS) is 13.4. The van der Waals surface area contributed by atoms with Gasteiger partial charge < -0.3 is 10.1 Å². The molecule has 0 bridgehead atoms. The second kappa shape index (κ2) is 5.08. The van der Waals surface area contributed by atoms with Crippen LogP contribution >= 0.6 is 0 Å². The Morgan fingerprint density at radius 1 is 1.29 bits per heavy atom. The molecule has 3 rings (SSSR count). The monoisotopic (exact) mass is 288 g/mol. The number of anilines is 1. The van der Waals surface area contributed by atoms with Gasteiger partial charge in [0.15, 0.2) is 5.75 Å². The molecule has 0 atom stereocenters. The Morgan fingerprint density at radius 3 is 2.90 bits per heavy atom. The van der Waals surface area contributed by atoms with Gasteiger partial charge in [-0.05, 0) is 24.5 Å². The highest BCUT2D eigenvalue weighted by molar-refractivity contribution is 5.63. The van der Waals surface area contributed by atoms with Gasteiger partial charge in [-0.1, -0.05) is 12.1 Å². The minimum absolute atomic E-state index is 0.111. The van der Waals surface area contributed by atoms with Crippen LogP contribution in [0.4, 0.5) is 5.69 Å². The van der Waals surface area contributed by atoms with E-state index in [2.05, 4.69) is 10.4 Å². The van der Waals surface area contributed by atoms with Gasteiger partial charge in [-0.3, -0.25) is 9.36 Å². The quantitative estimate of drug-likeness (QED) is 0.877. The molecule has 0 saturated heterocycles. The zero-order chi connectivity index (χ0) is 15.0. The average molecular weight is 288 g/mol. The predicted molar refractivity (Wildman–Crippen MR) is 78.0 cm³/mol. The summed E-state index contributed by atoms with van der Waals surface area (Å²) in [6.45, 7) is 0.867. The van der Waals surface area contributed by atoms with Crippen molar-refractivity contribution in [2.45, 2.75) is 12.8 Å². The van der Waals surface area contributed by atoms with Gasteiger partial charge in [0.2, 0.25) is 0 Å². The third-order valence-corrected chi connectivity index (χ3v) is 3.54. The lowest BCUT2D eigenvalue weighted by molar-refractivity contribution is 0.415. The minimum atomic E-state index is -0.550. The molecule has 7 heteroatoms. The Morgan fingerprint density at radius 2 is 2.10 bits per heavy atom. The van der Waals surface area contributed by atoms with Crippen LogP contribution in [0.1, 0.15) is 12.0 Å². The molecule has 1 aromatic carbocycles. The van der Waals surface area contributed by atoms with Gasteiger partial charge in [0.1, 0.15) is 0 Å². The number of fused-ring (bicyclic) bond motifs is 1. The molecule has 1 aromatic heterocycles. The fraction of sp³-hybridized carbons (Fsp3) is 0.357. The van der Waals surface area contributed by atoms with Crippen molar-refractivity contribution in [3.63, 3.8) is 0 Å². The number of hydrogen-bond acceptors (Lipinski definition) is 5. The summed E-state index contributed by atoms with van der Waals surface area (Å²) in [7, 11) is 2.88. The third-order valence-electron chi connectivity index (χ3n) is 3.54. The van der Waals surface area contributed by atoms with E-state index < -0.39 is 11.2 Å². The van der Waals surface area contributed by atoms with E-state index in [0.717, 1.165) is 39.9 Å². The van der Waals surface area contributed by atoms with Crippen molar-refractivity contribution in [2.24, 2.45) is 14.1 Å². The average Bonchev–Trinajstić information content (AvgIpc) is 2.51. The molecule has 7 nitrogen and oxygen atoms in total. The zero-order valence-corrected chi connectivity index (χ0v) is 11.9. The van der Waals surface area contributed by atoms with Crippen LogP contribution in [0.15, 0.2) is 27.8 Å². The Hall–Kier alpha value is -2.57. The van der Waals surface area contributed by atoms with Crippen LogP contribution in [0.25, 0.3) is 0 Å². The van der Waals surface area contributed by atoms with E-state index in [9.17, 15) is 9.59 Å². The largest absolute Gasteiger partial charge is 0.431 e. The van der Waals surface area contributed by atoms with Gasteiger partial charge in [0.05, 0.1) is 5.69 Å². The Bertz CT molecular complexity index is 807. The molecule has 110 valence electrons. The van der Waals surface area contributed by atoms with E-state index in [1.807, 2.05) is 12.1 Å². The van der Waals surface area contributed by atoms with Crippen LogP contribution in [-0.4, -0.2) is 20.9 Å². The molecule has 0 fully saturated rings. The van der Waals surface area contributed by atoms with Crippen molar-refractivity contribution < 1.29 is 4.74 Å². The second-order valence-electron chi connectivity index (χ2n) is 5.00. The Kier molecular flexibility index (Phi) is 3.25.